The number of imide groups is 1. The second-order valence-corrected chi connectivity index (χ2v) is 6.04. The Labute approximate surface area is 166 Å². The molecule has 9 nitrogen and oxygen atoms in total. The maximum atomic E-state index is 11.9. The number of amides is 2. The van der Waals surface area contributed by atoms with Gasteiger partial charge in [-0.1, -0.05) is 30.4 Å². The van der Waals surface area contributed by atoms with Gasteiger partial charge < -0.3 is 15.1 Å². The Morgan fingerprint density at radius 1 is 1.10 bits per heavy atom. The second-order valence-electron chi connectivity index (χ2n) is 6.04. The summed E-state index contributed by atoms with van der Waals surface area (Å²) in [6.45, 7) is 7.67. The van der Waals surface area contributed by atoms with Gasteiger partial charge in [0.2, 0.25) is 0 Å². The molecule has 2 amide bonds. The number of aliphatic carboxylic acids is 2. The van der Waals surface area contributed by atoms with E-state index in [1.54, 1.807) is 36.4 Å². The number of hydrogen-bond donors (Lipinski definition) is 3. The molecule has 0 radical (unpaired) electrons. The summed E-state index contributed by atoms with van der Waals surface area (Å²) in [5.41, 5.74) is 1.53. The van der Waals surface area contributed by atoms with Gasteiger partial charge in [0.25, 0.3) is 17.5 Å². The van der Waals surface area contributed by atoms with Crippen LogP contribution in [0.15, 0.2) is 53.3 Å². The molecule has 1 heterocycles. The minimum atomic E-state index is -1.15. The monoisotopic (exact) mass is 395 g/mol. The molecular weight excluding hydrogens is 378 g/mol. The first kappa shape index (κ1) is 21.1. The SMILES string of the molecule is [C-]#[N+]C1=C(C)/C(=C/C=Cc2ccc(N(CC(=O)O)CC(=O)O)cc2)C(=O)NC1=O. The number of nitrogens with one attached hydrogen (secondary N) is 1. The normalized spacial score (nSPS) is 15.4. The van der Waals surface area contributed by atoms with E-state index < -0.39 is 36.8 Å². The maximum absolute atomic E-state index is 11.9. The smallest absolute Gasteiger partial charge is 0.323 e. The summed E-state index contributed by atoms with van der Waals surface area (Å²) in [4.78, 5) is 49.7. The van der Waals surface area contributed by atoms with Crippen molar-refractivity contribution in [3.8, 4) is 0 Å². The van der Waals surface area contributed by atoms with Crippen LogP contribution >= 0.6 is 0 Å². The highest BCUT2D eigenvalue weighted by Crippen LogP contribution is 2.21. The van der Waals surface area contributed by atoms with Gasteiger partial charge in [-0.2, -0.15) is 0 Å². The molecule has 0 unspecified atom stereocenters. The molecule has 1 aliphatic rings. The molecule has 1 aromatic carbocycles. The van der Waals surface area contributed by atoms with Crippen molar-refractivity contribution >= 4 is 35.5 Å². The van der Waals surface area contributed by atoms with Gasteiger partial charge in [-0.25, -0.2) is 4.85 Å². The van der Waals surface area contributed by atoms with Crippen LogP contribution in [0.5, 0.6) is 0 Å². The Balaban J connectivity index is 2.20. The van der Waals surface area contributed by atoms with Crippen LogP contribution in [0.4, 0.5) is 5.69 Å². The van der Waals surface area contributed by atoms with Gasteiger partial charge >= 0.3 is 11.9 Å². The zero-order chi connectivity index (χ0) is 21.6. The fourth-order valence-corrected chi connectivity index (χ4v) is 2.65. The van der Waals surface area contributed by atoms with Crippen molar-refractivity contribution in [2.75, 3.05) is 18.0 Å². The molecule has 9 heteroatoms. The first-order chi connectivity index (χ1) is 13.7. The minimum Gasteiger partial charge on any atom is -0.480 e. The highest BCUT2D eigenvalue weighted by atomic mass is 16.4. The lowest BCUT2D eigenvalue weighted by atomic mass is 10.00. The molecular formula is C20H17N3O6. The van der Waals surface area contributed by atoms with Crippen molar-refractivity contribution in [3.05, 3.63) is 70.2 Å². The van der Waals surface area contributed by atoms with E-state index in [9.17, 15) is 19.2 Å². The number of benzene rings is 1. The van der Waals surface area contributed by atoms with Gasteiger partial charge in [-0.05, 0) is 30.2 Å². The molecule has 0 atom stereocenters. The third-order valence-corrected chi connectivity index (χ3v) is 4.02. The largest absolute Gasteiger partial charge is 0.480 e. The molecule has 3 N–H and O–H groups in total. The summed E-state index contributed by atoms with van der Waals surface area (Å²) >= 11 is 0. The Morgan fingerprint density at radius 2 is 1.69 bits per heavy atom. The fraction of sp³-hybridized carbons (Fsp3) is 0.150. The van der Waals surface area contributed by atoms with E-state index in [0.717, 1.165) is 5.56 Å². The van der Waals surface area contributed by atoms with Crippen LogP contribution in [0.3, 0.4) is 0 Å². The van der Waals surface area contributed by atoms with Crippen molar-refractivity contribution in [2.45, 2.75) is 6.92 Å². The van der Waals surface area contributed by atoms with Crippen molar-refractivity contribution in [1.29, 1.82) is 0 Å². The van der Waals surface area contributed by atoms with Gasteiger partial charge in [0, 0.05) is 11.3 Å². The highest BCUT2D eigenvalue weighted by Gasteiger charge is 2.27. The first-order valence-corrected chi connectivity index (χ1v) is 8.34. The number of carboxylic acids is 2. The molecule has 2 rings (SSSR count). The molecule has 0 aliphatic carbocycles. The van der Waals surface area contributed by atoms with Gasteiger partial charge in [0.1, 0.15) is 13.1 Å². The zero-order valence-electron chi connectivity index (χ0n) is 15.4. The fourth-order valence-electron chi connectivity index (χ4n) is 2.65. The number of rotatable bonds is 7. The summed E-state index contributed by atoms with van der Waals surface area (Å²) in [6, 6.07) is 6.51. The molecule has 0 aromatic heterocycles. The van der Waals surface area contributed by atoms with Crippen LogP contribution in [0.25, 0.3) is 10.9 Å². The molecule has 29 heavy (non-hydrogen) atoms. The van der Waals surface area contributed by atoms with Crippen molar-refractivity contribution in [1.82, 2.24) is 5.32 Å². The number of nitrogens with zero attached hydrogens (tertiary/aromatic N) is 2. The first-order valence-electron chi connectivity index (χ1n) is 8.34. The van der Waals surface area contributed by atoms with E-state index in [1.165, 1.54) is 17.9 Å². The van der Waals surface area contributed by atoms with Gasteiger partial charge in [0.05, 0.1) is 6.57 Å². The average molecular weight is 395 g/mol. The summed E-state index contributed by atoms with van der Waals surface area (Å²) < 4.78 is 0. The Kier molecular flexibility index (Phi) is 6.66. The van der Waals surface area contributed by atoms with Crippen LogP contribution in [0, 0.1) is 6.57 Å². The lowest BCUT2D eigenvalue weighted by molar-refractivity contribution is -0.136. The van der Waals surface area contributed by atoms with Crippen LogP contribution in [-0.2, 0) is 19.2 Å². The van der Waals surface area contributed by atoms with E-state index in [4.69, 9.17) is 16.8 Å². The number of hydrogen-bond acceptors (Lipinski definition) is 5. The Bertz CT molecular complexity index is 980. The van der Waals surface area contributed by atoms with E-state index in [1.807, 2.05) is 0 Å². The maximum Gasteiger partial charge on any atom is 0.323 e. The van der Waals surface area contributed by atoms with Gasteiger partial charge in [-0.15, -0.1) is 0 Å². The molecule has 1 aromatic rings. The quantitative estimate of drug-likeness (QED) is 0.362. The molecule has 0 spiro atoms. The van der Waals surface area contributed by atoms with Crippen LogP contribution < -0.4 is 10.2 Å². The Morgan fingerprint density at radius 3 is 2.21 bits per heavy atom. The van der Waals surface area contributed by atoms with Crippen molar-refractivity contribution < 1.29 is 29.4 Å². The predicted molar refractivity (Wildman–Crippen MR) is 103 cm³/mol. The number of allylic oxidation sites excluding steroid dienone is 2. The molecule has 0 fully saturated rings. The summed E-state index contributed by atoms with van der Waals surface area (Å²) in [5.74, 6) is -3.59. The number of carboxylic acid groups (broad SMARTS) is 2. The second kappa shape index (κ2) is 9.14. The molecule has 0 saturated carbocycles. The standard InChI is InChI=1S/C20H17N3O6/c1-12-15(19(28)22-20(29)18(12)21-2)5-3-4-13-6-8-14(9-7-13)23(10-16(24)25)11-17(26)27/h3-9H,10-11H2,1H3,(H,24,25)(H,26,27)(H,22,28,29)/b4-3?,15-5-. The lowest BCUT2D eigenvalue weighted by Gasteiger charge is -2.20. The van der Waals surface area contributed by atoms with E-state index in [2.05, 4.69) is 10.2 Å². The van der Waals surface area contributed by atoms with Crippen molar-refractivity contribution in [3.63, 3.8) is 0 Å². The third kappa shape index (κ3) is 5.40. The number of carbonyl (C=O) groups is 4. The summed E-state index contributed by atoms with van der Waals surface area (Å²) in [7, 11) is 0. The Hall–Kier alpha value is -4.19. The topological polar surface area (TPSA) is 128 Å². The third-order valence-electron chi connectivity index (χ3n) is 4.02. The van der Waals surface area contributed by atoms with Gasteiger partial charge in [-0.3, -0.25) is 24.5 Å². The van der Waals surface area contributed by atoms with E-state index in [0.29, 0.717) is 11.3 Å². The molecule has 0 bridgehead atoms. The molecule has 148 valence electrons. The zero-order valence-corrected chi connectivity index (χ0v) is 15.4. The van der Waals surface area contributed by atoms with Crippen LogP contribution in [0.1, 0.15) is 12.5 Å². The molecule has 0 saturated heterocycles. The van der Waals surface area contributed by atoms with E-state index >= 15 is 0 Å². The lowest BCUT2D eigenvalue weighted by Crippen LogP contribution is -2.37. The van der Waals surface area contributed by atoms with Crippen LogP contribution in [-0.4, -0.2) is 47.1 Å². The summed E-state index contributed by atoms with van der Waals surface area (Å²) in [6.07, 6.45) is 4.73. The van der Waals surface area contributed by atoms with Crippen LogP contribution in [0.2, 0.25) is 0 Å². The molecule has 1 aliphatic heterocycles. The van der Waals surface area contributed by atoms with Gasteiger partial charge in [0.15, 0.2) is 0 Å². The predicted octanol–water partition coefficient (Wildman–Crippen LogP) is 1.45. The number of carbonyl (C=O) groups excluding carboxylic acids is 2. The van der Waals surface area contributed by atoms with E-state index in [-0.39, 0.29) is 11.3 Å². The highest BCUT2D eigenvalue weighted by molar-refractivity contribution is 6.17. The summed E-state index contributed by atoms with van der Waals surface area (Å²) in [5, 5.41) is 19.9. The van der Waals surface area contributed by atoms with Crippen molar-refractivity contribution in [2.24, 2.45) is 0 Å². The number of anilines is 1. The minimum absolute atomic E-state index is 0.134. The average Bonchev–Trinajstić information content (AvgIpc) is 2.64.